The third kappa shape index (κ3) is 21.1. The lowest BCUT2D eigenvalue weighted by Gasteiger charge is -2.49. The molecule has 1 amide bonds. The zero-order valence-corrected chi connectivity index (χ0v) is 38.8. The first-order valence-electron chi connectivity index (χ1n) is 24.7. The second-order valence-electron chi connectivity index (χ2n) is 17.9. The van der Waals surface area contributed by atoms with Gasteiger partial charge in [0.05, 0.1) is 19.8 Å². The Morgan fingerprint density at radius 1 is 0.667 bits per heavy atom. The van der Waals surface area contributed by atoms with E-state index in [1.54, 1.807) is 32.0 Å². The fourth-order valence-electron chi connectivity index (χ4n) is 8.23. The molecule has 10 heteroatoms. The van der Waals surface area contributed by atoms with Gasteiger partial charge in [-0.2, -0.15) is 0 Å². The van der Waals surface area contributed by atoms with Crippen molar-refractivity contribution in [2.24, 2.45) is 0 Å². The first-order chi connectivity index (χ1) is 29.2. The van der Waals surface area contributed by atoms with Gasteiger partial charge in [0.15, 0.2) is 29.7 Å². The van der Waals surface area contributed by atoms with Gasteiger partial charge < -0.3 is 38.8 Å². The number of carbonyl (C=O) groups is 2. The molecule has 0 aliphatic carbocycles. The summed E-state index contributed by atoms with van der Waals surface area (Å²) in [7, 11) is 0. The highest BCUT2D eigenvalue weighted by Gasteiger charge is 2.53. The van der Waals surface area contributed by atoms with Crippen LogP contribution in [0.25, 0.3) is 0 Å². The van der Waals surface area contributed by atoms with Gasteiger partial charge in [-0.25, -0.2) is 0 Å². The van der Waals surface area contributed by atoms with Crippen molar-refractivity contribution in [3.63, 3.8) is 0 Å². The van der Waals surface area contributed by atoms with Gasteiger partial charge in [0, 0.05) is 12.0 Å². The second kappa shape index (κ2) is 31.4. The van der Waals surface area contributed by atoms with Crippen LogP contribution < -0.4 is 14.8 Å². The van der Waals surface area contributed by atoms with Crippen molar-refractivity contribution < 1.29 is 43.1 Å². The SMILES string of the molecule is CCCCCCCCCCCCCC(=O)O[C@@H]1[C@@H](NC(=O)c2ccc(OCCCCCCCCCC)c(OCCCCCCCCCC)c2)[C@H](O)O[C@@H]2COC(C)(C)O[C@@H]12. The van der Waals surface area contributed by atoms with Gasteiger partial charge in [0.1, 0.15) is 18.2 Å². The lowest BCUT2D eigenvalue weighted by atomic mass is 9.94. The number of nitrogens with one attached hydrogen (secondary N) is 1. The average molecular weight is 846 g/mol. The molecule has 0 aromatic heterocycles. The Bertz CT molecular complexity index is 1270. The van der Waals surface area contributed by atoms with E-state index in [0.29, 0.717) is 30.3 Å². The summed E-state index contributed by atoms with van der Waals surface area (Å²) >= 11 is 0. The molecule has 3 rings (SSSR count). The molecule has 0 radical (unpaired) electrons. The molecule has 1 aromatic carbocycles. The molecule has 0 spiro atoms. The van der Waals surface area contributed by atoms with Gasteiger partial charge >= 0.3 is 5.97 Å². The number of aliphatic hydroxyl groups is 1. The van der Waals surface area contributed by atoms with Crippen LogP contribution in [-0.2, 0) is 23.7 Å². The number of amides is 1. The number of hydrogen-bond donors (Lipinski definition) is 2. The van der Waals surface area contributed by atoms with Crippen LogP contribution in [0.1, 0.15) is 225 Å². The Kier molecular flexibility index (Phi) is 27.2. The van der Waals surface area contributed by atoms with Crippen LogP contribution in [0.5, 0.6) is 11.5 Å². The highest BCUT2D eigenvalue weighted by Crippen LogP contribution is 2.35. The summed E-state index contributed by atoms with van der Waals surface area (Å²) < 4.78 is 36.6. The number of fused-ring (bicyclic) bond motifs is 1. The topological polar surface area (TPSA) is 122 Å². The molecule has 60 heavy (non-hydrogen) atoms. The summed E-state index contributed by atoms with van der Waals surface area (Å²) in [5, 5.41) is 14.2. The van der Waals surface area contributed by atoms with E-state index >= 15 is 0 Å². The van der Waals surface area contributed by atoms with Crippen LogP contribution in [0, 0.1) is 0 Å². The fourth-order valence-corrected chi connectivity index (χ4v) is 8.23. The maximum absolute atomic E-state index is 14.0. The fraction of sp³-hybridized carbons (Fsp3) is 0.840. The average Bonchev–Trinajstić information content (AvgIpc) is 3.23. The number of benzene rings is 1. The summed E-state index contributed by atoms with van der Waals surface area (Å²) in [5.41, 5.74) is 0.342. The first kappa shape index (κ1) is 51.9. The maximum Gasteiger partial charge on any atom is 0.306 e. The molecule has 0 unspecified atom stereocenters. The van der Waals surface area contributed by atoms with E-state index < -0.39 is 42.3 Å². The van der Waals surface area contributed by atoms with E-state index in [9.17, 15) is 14.7 Å². The van der Waals surface area contributed by atoms with Crippen LogP contribution in [0.4, 0.5) is 0 Å². The second-order valence-corrected chi connectivity index (χ2v) is 17.9. The Balaban J connectivity index is 1.62. The van der Waals surface area contributed by atoms with E-state index in [2.05, 4.69) is 26.1 Å². The molecule has 5 atom stereocenters. The Labute approximate surface area is 365 Å². The number of esters is 1. The summed E-state index contributed by atoms with van der Waals surface area (Å²) in [4.78, 5) is 27.3. The Morgan fingerprint density at radius 2 is 1.13 bits per heavy atom. The van der Waals surface area contributed by atoms with E-state index in [1.807, 2.05) is 0 Å². The molecule has 1 aromatic rings. The largest absolute Gasteiger partial charge is 0.490 e. The number of ether oxygens (including phenoxy) is 6. The van der Waals surface area contributed by atoms with Crippen LogP contribution in [0.2, 0.25) is 0 Å². The molecule has 2 saturated heterocycles. The molecule has 2 heterocycles. The van der Waals surface area contributed by atoms with Crippen LogP contribution in [0.3, 0.4) is 0 Å². The predicted octanol–water partition coefficient (Wildman–Crippen LogP) is 12.3. The minimum absolute atomic E-state index is 0.155. The van der Waals surface area contributed by atoms with Crippen molar-refractivity contribution >= 4 is 11.9 Å². The van der Waals surface area contributed by atoms with Gasteiger partial charge in [0.25, 0.3) is 5.91 Å². The van der Waals surface area contributed by atoms with E-state index in [0.717, 1.165) is 44.9 Å². The van der Waals surface area contributed by atoms with Gasteiger partial charge in [-0.05, 0) is 51.3 Å². The molecule has 10 nitrogen and oxygen atoms in total. The van der Waals surface area contributed by atoms with Crippen LogP contribution >= 0.6 is 0 Å². The number of carbonyl (C=O) groups excluding carboxylic acids is 2. The van der Waals surface area contributed by atoms with Gasteiger partial charge in [-0.15, -0.1) is 0 Å². The summed E-state index contributed by atoms with van der Waals surface area (Å²) in [6.07, 6.45) is 28.7. The first-order valence-corrected chi connectivity index (χ1v) is 24.7. The van der Waals surface area contributed by atoms with Gasteiger partial charge in [-0.3, -0.25) is 9.59 Å². The molecule has 346 valence electrons. The quantitative estimate of drug-likeness (QED) is 0.0508. The number of unbranched alkanes of at least 4 members (excludes halogenated alkanes) is 24. The van der Waals surface area contributed by atoms with E-state index in [4.69, 9.17) is 28.4 Å². The third-order valence-electron chi connectivity index (χ3n) is 11.9. The van der Waals surface area contributed by atoms with Crippen molar-refractivity contribution in [2.45, 2.75) is 251 Å². The maximum atomic E-state index is 14.0. The molecule has 0 bridgehead atoms. The Hall–Kier alpha value is -2.40. The molecular weight excluding hydrogens is 759 g/mol. The lowest BCUT2D eigenvalue weighted by Crippen LogP contribution is -2.69. The van der Waals surface area contributed by atoms with E-state index in [-0.39, 0.29) is 19.0 Å². The molecule has 0 saturated carbocycles. The number of hydrogen-bond acceptors (Lipinski definition) is 9. The van der Waals surface area contributed by atoms with Crippen molar-refractivity contribution in [1.82, 2.24) is 5.32 Å². The zero-order chi connectivity index (χ0) is 43.3. The van der Waals surface area contributed by atoms with Gasteiger partial charge in [-0.1, -0.05) is 175 Å². The predicted molar refractivity (Wildman–Crippen MR) is 241 cm³/mol. The lowest BCUT2D eigenvalue weighted by molar-refractivity contribution is -0.364. The zero-order valence-electron chi connectivity index (χ0n) is 38.8. The molecule has 2 fully saturated rings. The molecular formula is C50H87NO9. The van der Waals surface area contributed by atoms with Gasteiger partial charge in [0.2, 0.25) is 0 Å². The van der Waals surface area contributed by atoms with E-state index in [1.165, 1.54) is 128 Å². The minimum Gasteiger partial charge on any atom is -0.490 e. The number of rotatable bonds is 35. The van der Waals surface area contributed by atoms with Crippen LogP contribution in [-0.4, -0.2) is 73.2 Å². The molecule has 2 aliphatic heterocycles. The third-order valence-corrected chi connectivity index (χ3v) is 11.9. The summed E-state index contributed by atoms with van der Waals surface area (Å²) in [5.74, 6) is -0.663. The molecule has 2 aliphatic rings. The summed E-state index contributed by atoms with van der Waals surface area (Å²) in [6, 6.07) is 4.14. The Morgan fingerprint density at radius 3 is 1.65 bits per heavy atom. The van der Waals surface area contributed by atoms with Crippen LogP contribution in [0.15, 0.2) is 18.2 Å². The normalized spacial score (nSPS) is 21.0. The number of aliphatic hydroxyl groups excluding tert-OH is 1. The summed E-state index contributed by atoms with van der Waals surface area (Å²) in [6.45, 7) is 11.6. The van der Waals surface area contributed by atoms with Crippen molar-refractivity contribution in [1.29, 1.82) is 0 Å². The molecule has 2 N–H and O–H groups in total. The highest BCUT2D eigenvalue weighted by molar-refractivity contribution is 5.95. The van der Waals surface area contributed by atoms with Crippen molar-refractivity contribution in [3.8, 4) is 11.5 Å². The smallest absolute Gasteiger partial charge is 0.306 e. The van der Waals surface area contributed by atoms with Crippen molar-refractivity contribution in [2.75, 3.05) is 19.8 Å². The standard InChI is InChI=1S/C50H87NO9/c1-6-9-12-15-18-21-22-23-24-27-30-33-44(52)59-47-45(49(54)58-43-39-57-50(4,5)60-46(43)47)51-48(53)40-34-35-41(55-36-31-28-25-19-16-13-10-7-2)42(38-40)56-37-32-29-26-20-17-14-11-8-3/h34-35,38,43,45-47,49,54H,6-33,36-37,39H2,1-5H3,(H,51,53)/t43-,45-,46-,47-,49-/m1/s1. The van der Waals surface area contributed by atoms with Crippen molar-refractivity contribution in [3.05, 3.63) is 23.8 Å². The highest BCUT2D eigenvalue weighted by atomic mass is 16.7. The minimum atomic E-state index is -1.45. The monoisotopic (exact) mass is 846 g/mol.